The first-order chi connectivity index (χ1) is 9.88. The highest BCUT2D eigenvalue weighted by atomic mass is 16.3. The molecule has 0 aliphatic carbocycles. The zero-order valence-electron chi connectivity index (χ0n) is 13.7. The Kier molecular flexibility index (Phi) is 5.24. The molecule has 2 rings (SSSR count). The molecule has 6 nitrogen and oxygen atoms in total. The Hall–Kier alpha value is -1.11. The molecule has 1 aliphatic rings. The summed E-state index contributed by atoms with van der Waals surface area (Å²) >= 11 is 0. The molecule has 120 valence electrons. The molecule has 0 spiro atoms. The van der Waals surface area contributed by atoms with Gasteiger partial charge in [0.05, 0.1) is 29.7 Å². The number of nitrogens with two attached hydrogens (primary N) is 1. The van der Waals surface area contributed by atoms with Gasteiger partial charge in [0.15, 0.2) is 0 Å². The molecule has 1 aromatic heterocycles. The highest BCUT2D eigenvalue weighted by molar-refractivity contribution is 5.46. The van der Waals surface area contributed by atoms with Crippen LogP contribution in [-0.2, 0) is 6.54 Å². The van der Waals surface area contributed by atoms with E-state index in [-0.39, 0.29) is 0 Å². The van der Waals surface area contributed by atoms with Crippen LogP contribution in [0.5, 0.6) is 0 Å². The first kappa shape index (κ1) is 16.3. The van der Waals surface area contributed by atoms with Crippen LogP contribution < -0.4 is 5.73 Å². The number of hydrogen-bond donors (Lipinski definition) is 2. The second-order valence-electron chi connectivity index (χ2n) is 6.42. The maximum atomic E-state index is 10.3. The van der Waals surface area contributed by atoms with Gasteiger partial charge in [-0.25, -0.2) is 0 Å². The summed E-state index contributed by atoms with van der Waals surface area (Å²) in [5.41, 5.74) is 8.42. The molecular formula is C15H29N5O. The predicted octanol–water partition coefficient (Wildman–Crippen LogP) is 0.469. The Balaban J connectivity index is 1.83. The summed E-state index contributed by atoms with van der Waals surface area (Å²) in [5, 5.41) is 14.7. The van der Waals surface area contributed by atoms with Crippen LogP contribution in [0.3, 0.4) is 0 Å². The highest BCUT2D eigenvalue weighted by Crippen LogP contribution is 2.17. The van der Waals surface area contributed by atoms with Gasteiger partial charge < -0.3 is 20.6 Å². The molecule has 1 saturated heterocycles. The van der Waals surface area contributed by atoms with E-state index in [1.807, 2.05) is 18.5 Å². The molecule has 21 heavy (non-hydrogen) atoms. The Labute approximate surface area is 127 Å². The average molecular weight is 295 g/mol. The Morgan fingerprint density at radius 2 is 2.19 bits per heavy atom. The number of aliphatic hydroxyl groups is 1. The molecule has 2 unspecified atom stereocenters. The molecular weight excluding hydrogens is 266 g/mol. The standard InChI is InChI=1S/C15H29N5O/c1-11-15(16)12(2)20(17-11)10-14(21)9-18(3)8-13-6-5-7-19(13)4/h13-14,21H,5-10,16H2,1-4H3. The number of nitrogen functional groups attached to an aromatic ring is 1. The van der Waals surface area contributed by atoms with E-state index in [2.05, 4.69) is 29.0 Å². The van der Waals surface area contributed by atoms with E-state index in [4.69, 9.17) is 5.73 Å². The topological polar surface area (TPSA) is 70.5 Å². The van der Waals surface area contributed by atoms with Crippen LogP contribution in [0.25, 0.3) is 0 Å². The minimum atomic E-state index is -0.431. The van der Waals surface area contributed by atoms with Crippen molar-refractivity contribution in [3.05, 3.63) is 11.4 Å². The Bertz CT molecular complexity index is 473. The molecule has 0 aromatic carbocycles. The van der Waals surface area contributed by atoms with Gasteiger partial charge in [0, 0.05) is 19.1 Å². The monoisotopic (exact) mass is 295 g/mol. The normalized spacial score (nSPS) is 21.3. The summed E-state index contributed by atoms with van der Waals surface area (Å²) in [6, 6.07) is 0.617. The lowest BCUT2D eigenvalue weighted by Gasteiger charge is -2.27. The number of anilines is 1. The number of nitrogens with zero attached hydrogens (tertiary/aromatic N) is 4. The Morgan fingerprint density at radius 3 is 2.71 bits per heavy atom. The number of rotatable bonds is 6. The van der Waals surface area contributed by atoms with Gasteiger partial charge in [-0.3, -0.25) is 4.68 Å². The largest absolute Gasteiger partial charge is 0.396 e. The number of likely N-dealkylation sites (tertiary alicyclic amines) is 1. The fourth-order valence-electron chi connectivity index (χ4n) is 3.15. The summed E-state index contributed by atoms with van der Waals surface area (Å²) in [4.78, 5) is 4.62. The van der Waals surface area contributed by atoms with Crippen molar-refractivity contribution in [2.45, 2.75) is 45.4 Å². The van der Waals surface area contributed by atoms with Crippen molar-refractivity contribution < 1.29 is 5.11 Å². The summed E-state index contributed by atoms with van der Waals surface area (Å²) < 4.78 is 1.81. The van der Waals surface area contributed by atoms with Crippen molar-refractivity contribution in [3.63, 3.8) is 0 Å². The average Bonchev–Trinajstić information content (AvgIpc) is 2.90. The fourth-order valence-corrected chi connectivity index (χ4v) is 3.15. The lowest BCUT2D eigenvalue weighted by Crippen LogP contribution is -2.40. The van der Waals surface area contributed by atoms with Gasteiger partial charge in [0.25, 0.3) is 0 Å². The molecule has 0 saturated carbocycles. The maximum absolute atomic E-state index is 10.3. The number of hydrogen-bond acceptors (Lipinski definition) is 5. The molecule has 2 atom stereocenters. The lowest BCUT2D eigenvalue weighted by atomic mass is 10.2. The molecule has 0 amide bonds. The van der Waals surface area contributed by atoms with Crippen molar-refractivity contribution in [2.24, 2.45) is 0 Å². The van der Waals surface area contributed by atoms with Gasteiger partial charge in [-0.1, -0.05) is 0 Å². The van der Waals surface area contributed by atoms with E-state index >= 15 is 0 Å². The molecule has 0 bridgehead atoms. The van der Waals surface area contributed by atoms with Gasteiger partial charge in [0.1, 0.15) is 0 Å². The van der Waals surface area contributed by atoms with E-state index in [0.717, 1.165) is 23.6 Å². The summed E-state index contributed by atoms with van der Waals surface area (Å²) in [5.74, 6) is 0. The highest BCUT2D eigenvalue weighted by Gasteiger charge is 2.23. The van der Waals surface area contributed by atoms with Crippen molar-refractivity contribution in [1.29, 1.82) is 0 Å². The third kappa shape index (κ3) is 3.96. The van der Waals surface area contributed by atoms with Crippen molar-refractivity contribution >= 4 is 5.69 Å². The molecule has 1 fully saturated rings. The van der Waals surface area contributed by atoms with Crippen LogP contribution in [0.1, 0.15) is 24.2 Å². The SMILES string of the molecule is Cc1nn(CC(O)CN(C)CC2CCCN2C)c(C)c1N. The Morgan fingerprint density at radius 1 is 1.48 bits per heavy atom. The van der Waals surface area contributed by atoms with Crippen LogP contribution in [0.2, 0.25) is 0 Å². The van der Waals surface area contributed by atoms with E-state index in [0.29, 0.717) is 19.1 Å². The molecule has 1 aliphatic heterocycles. The van der Waals surface area contributed by atoms with Gasteiger partial charge >= 0.3 is 0 Å². The van der Waals surface area contributed by atoms with Crippen molar-refractivity contribution in [3.8, 4) is 0 Å². The first-order valence-corrected chi connectivity index (χ1v) is 7.74. The zero-order chi connectivity index (χ0) is 15.6. The third-order valence-corrected chi connectivity index (χ3v) is 4.54. The number of aliphatic hydroxyl groups excluding tert-OH is 1. The number of aromatic nitrogens is 2. The molecule has 3 N–H and O–H groups in total. The van der Waals surface area contributed by atoms with E-state index in [1.165, 1.54) is 19.4 Å². The third-order valence-electron chi connectivity index (χ3n) is 4.54. The van der Waals surface area contributed by atoms with Gasteiger partial charge in [0.2, 0.25) is 0 Å². The second kappa shape index (κ2) is 6.77. The van der Waals surface area contributed by atoms with E-state index < -0.39 is 6.10 Å². The minimum absolute atomic E-state index is 0.431. The minimum Gasteiger partial charge on any atom is -0.396 e. The molecule has 2 heterocycles. The smallest absolute Gasteiger partial charge is 0.0862 e. The summed E-state index contributed by atoms with van der Waals surface area (Å²) in [7, 11) is 4.26. The van der Waals surface area contributed by atoms with Crippen molar-refractivity contribution in [1.82, 2.24) is 19.6 Å². The zero-order valence-corrected chi connectivity index (χ0v) is 13.7. The second-order valence-corrected chi connectivity index (χ2v) is 6.42. The van der Waals surface area contributed by atoms with Crippen LogP contribution in [0.4, 0.5) is 5.69 Å². The molecule has 0 radical (unpaired) electrons. The van der Waals surface area contributed by atoms with E-state index in [9.17, 15) is 5.11 Å². The van der Waals surface area contributed by atoms with Gasteiger partial charge in [-0.05, 0) is 47.3 Å². The number of aryl methyl sites for hydroxylation is 1. The quantitative estimate of drug-likeness (QED) is 0.798. The molecule has 6 heteroatoms. The molecule has 1 aromatic rings. The van der Waals surface area contributed by atoms with Crippen LogP contribution >= 0.6 is 0 Å². The summed E-state index contributed by atoms with van der Waals surface area (Å²) in [6.07, 6.45) is 2.10. The first-order valence-electron chi connectivity index (χ1n) is 7.74. The van der Waals surface area contributed by atoms with Crippen LogP contribution in [-0.4, -0.2) is 70.6 Å². The van der Waals surface area contributed by atoms with Crippen molar-refractivity contribution in [2.75, 3.05) is 39.5 Å². The maximum Gasteiger partial charge on any atom is 0.0862 e. The van der Waals surface area contributed by atoms with Crippen LogP contribution in [0.15, 0.2) is 0 Å². The van der Waals surface area contributed by atoms with Gasteiger partial charge in [-0.2, -0.15) is 5.10 Å². The van der Waals surface area contributed by atoms with Crippen LogP contribution in [0, 0.1) is 13.8 Å². The predicted molar refractivity (Wildman–Crippen MR) is 85.3 cm³/mol. The fraction of sp³-hybridized carbons (Fsp3) is 0.800. The van der Waals surface area contributed by atoms with Gasteiger partial charge in [-0.15, -0.1) is 0 Å². The summed E-state index contributed by atoms with van der Waals surface area (Å²) in [6.45, 7) is 7.18. The number of likely N-dealkylation sites (N-methyl/N-ethyl adjacent to an activating group) is 2. The lowest BCUT2D eigenvalue weighted by molar-refractivity contribution is 0.0951. The van der Waals surface area contributed by atoms with E-state index in [1.54, 1.807) is 0 Å².